The van der Waals surface area contributed by atoms with E-state index in [0.717, 1.165) is 36.0 Å². The van der Waals surface area contributed by atoms with E-state index in [9.17, 15) is 10.2 Å². The molecule has 220 valence electrons. The van der Waals surface area contributed by atoms with Crippen molar-refractivity contribution < 1.29 is 10.2 Å². The Kier molecular flexibility index (Phi) is 12.6. The predicted molar refractivity (Wildman–Crippen MR) is 174 cm³/mol. The fourth-order valence-electron chi connectivity index (χ4n) is 5.88. The number of rotatable bonds is 15. The van der Waals surface area contributed by atoms with Gasteiger partial charge in [-0.1, -0.05) is 146 Å². The molecule has 0 aliphatic heterocycles. The van der Waals surface area contributed by atoms with E-state index in [-0.39, 0.29) is 16.0 Å². The molecule has 0 saturated heterocycles. The Balaban J connectivity index is 2.81. The lowest BCUT2D eigenvalue weighted by Gasteiger charge is -2.40. The van der Waals surface area contributed by atoms with E-state index in [2.05, 4.69) is 92.6 Å². The predicted octanol–water partition coefficient (Wildman–Crippen LogP) is 10.4. The van der Waals surface area contributed by atoms with Crippen molar-refractivity contribution in [2.45, 2.75) is 149 Å². The Morgan fingerprint density at radius 1 is 0.821 bits per heavy atom. The molecular weight excluding hydrogens is 495 g/mol. The average molecular weight is 555 g/mol. The first-order chi connectivity index (χ1) is 18.2. The van der Waals surface area contributed by atoms with Gasteiger partial charge < -0.3 is 10.2 Å². The van der Waals surface area contributed by atoms with Gasteiger partial charge in [0.2, 0.25) is 0 Å². The van der Waals surface area contributed by atoms with Crippen LogP contribution >= 0.6 is 8.58 Å². The van der Waals surface area contributed by atoms with Crippen molar-refractivity contribution >= 4 is 13.9 Å². The van der Waals surface area contributed by atoms with Crippen molar-refractivity contribution in [3.05, 3.63) is 58.7 Å². The minimum atomic E-state index is -0.508. The normalized spacial score (nSPS) is 16.0. The number of hydrogen-bond acceptors (Lipinski definition) is 2. The van der Waals surface area contributed by atoms with Gasteiger partial charge in [0, 0.05) is 16.3 Å². The Morgan fingerprint density at radius 3 is 1.97 bits per heavy atom. The van der Waals surface area contributed by atoms with Gasteiger partial charge in [-0.05, 0) is 59.4 Å². The van der Waals surface area contributed by atoms with Gasteiger partial charge >= 0.3 is 0 Å². The van der Waals surface area contributed by atoms with Crippen LogP contribution in [-0.2, 0) is 16.0 Å². The van der Waals surface area contributed by atoms with Crippen LogP contribution in [0.1, 0.15) is 155 Å². The molecule has 4 atom stereocenters. The standard InChI is InChI=1S/C36H59O2P/c1-11-14-16-20-26(4)35(9,10)30-24-28(34(6,7)8)25-31(33(30)38)36(13-3,23-19-15-12-2)39-32-22-18-17-21-29(32)27(5)37/h17-18,21-22,24-27,37-39H,11-16,19-20,23H2,1-10H3. The number of phenols is 1. The third-order valence-corrected chi connectivity index (χ3v) is 11.3. The molecular formula is C36H59O2P. The van der Waals surface area contributed by atoms with Crippen LogP contribution in [0.3, 0.4) is 0 Å². The average Bonchev–Trinajstić information content (AvgIpc) is 2.87. The summed E-state index contributed by atoms with van der Waals surface area (Å²) in [6, 6.07) is 13.0. The first-order valence-electron chi connectivity index (χ1n) is 15.7. The molecule has 0 aliphatic rings. The monoisotopic (exact) mass is 554 g/mol. The van der Waals surface area contributed by atoms with Gasteiger partial charge in [0.25, 0.3) is 0 Å². The number of benzene rings is 2. The first kappa shape index (κ1) is 33.8. The van der Waals surface area contributed by atoms with Gasteiger partial charge in [0.05, 0.1) is 6.10 Å². The summed E-state index contributed by atoms with van der Waals surface area (Å²) in [5.74, 6) is 0.975. The van der Waals surface area contributed by atoms with E-state index in [1.54, 1.807) is 0 Å². The van der Waals surface area contributed by atoms with Crippen LogP contribution in [0.25, 0.3) is 0 Å². The molecule has 2 aromatic rings. The maximum Gasteiger partial charge on any atom is 0.123 e. The largest absolute Gasteiger partial charge is 0.507 e. The summed E-state index contributed by atoms with van der Waals surface area (Å²) in [4.78, 5) is 0. The molecule has 0 bridgehead atoms. The molecule has 0 saturated carbocycles. The fraction of sp³-hybridized carbons (Fsp3) is 0.667. The number of unbranched alkanes of at least 4 members (excludes halogenated alkanes) is 4. The third-order valence-electron chi connectivity index (χ3n) is 9.25. The minimum Gasteiger partial charge on any atom is -0.507 e. The molecule has 0 heterocycles. The highest BCUT2D eigenvalue weighted by Crippen LogP contribution is 2.55. The van der Waals surface area contributed by atoms with Gasteiger partial charge in [-0.15, -0.1) is 0 Å². The SMILES string of the molecule is CCCCCC(C)C(C)(C)c1cc(C(C)(C)C)cc(C(CC)(CCCCC)Pc2ccccc2C(C)O)c1O. The van der Waals surface area contributed by atoms with Crippen molar-refractivity contribution in [1.82, 2.24) is 0 Å². The Bertz CT molecular complexity index is 1030. The summed E-state index contributed by atoms with van der Waals surface area (Å²) in [7, 11) is 0.477. The van der Waals surface area contributed by atoms with Gasteiger partial charge in [-0.2, -0.15) is 0 Å². The van der Waals surface area contributed by atoms with E-state index in [4.69, 9.17) is 0 Å². The Morgan fingerprint density at radius 2 is 1.41 bits per heavy atom. The van der Waals surface area contributed by atoms with E-state index in [1.807, 2.05) is 13.0 Å². The summed E-state index contributed by atoms with van der Waals surface area (Å²) >= 11 is 0. The summed E-state index contributed by atoms with van der Waals surface area (Å²) in [5.41, 5.74) is 4.38. The number of phenolic OH excluding ortho intramolecular Hbond substituents is 1. The van der Waals surface area contributed by atoms with Gasteiger partial charge in [-0.25, -0.2) is 0 Å². The number of aliphatic hydroxyl groups is 1. The van der Waals surface area contributed by atoms with E-state index < -0.39 is 6.10 Å². The zero-order valence-electron chi connectivity index (χ0n) is 26.9. The van der Waals surface area contributed by atoms with Crippen LogP contribution in [0.2, 0.25) is 0 Å². The van der Waals surface area contributed by atoms with E-state index >= 15 is 0 Å². The second kappa shape index (κ2) is 14.5. The molecule has 0 fully saturated rings. The molecule has 0 radical (unpaired) electrons. The van der Waals surface area contributed by atoms with Crippen molar-refractivity contribution in [1.29, 1.82) is 0 Å². The minimum absolute atomic E-state index is 0.0255. The maximum atomic E-state index is 12.3. The molecule has 4 unspecified atom stereocenters. The maximum absolute atomic E-state index is 12.3. The quantitative estimate of drug-likeness (QED) is 0.170. The topological polar surface area (TPSA) is 40.5 Å². The van der Waals surface area contributed by atoms with Crippen LogP contribution in [0.5, 0.6) is 5.75 Å². The van der Waals surface area contributed by atoms with Crippen LogP contribution in [-0.4, -0.2) is 10.2 Å². The fourth-order valence-corrected chi connectivity index (χ4v) is 7.82. The summed E-state index contributed by atoms with van der Waals surface area (Å²) in [6.45, 7) is 22.6. The third kappa shape index (κ3) is 8.33. The van der Waals surface area contributed by atoms with Gasteiger partial charge in [0.15, 0.2) is 0 Å². The molecule has 0 aliphatic carbocycles. The Hall–Kier alpha value is -1.37. The first-order valence-corrected chi connectivity index (χ1v) is 16.7. The molecule has 2 nitrogen and oxygen atoms in total. The summed E-state index contributed by atoms with van der Waals surface area (Å²) in [5, 5.41) is 23.9. The Labute approximate surface area is 243 Å². The molecule has 0 aromatic heterocycles. The highest BCUT2D eigenvalue weighted by molar-refractivity contribution is 7.48. The molecule has 2 aromatic carbocycles. The van der Waals surface area contributed by atoms with Crippen molar-refractivity contribution in [3.63, 3.8) is 0 Å². The highest BCUT2D eigenvalue weighted by atomic mass is 31.1. The second-order valence-corrected chi connectivity index (χ2v) is 15.3. The lowest BCUT2D eigenvalue weighted by molar-refractivity contribution is 0.200. The lowest BCUT2D eigenvalue weighted by Crippen LogP contribution is -2.30. The number of hydrogen-bond donors (Lipinski definition) is 2. The van der Waals surface area contributed by atoms with Crippen molar-refractivity contribution in [2.75, 3.05) is 0 Å². The number of aromatic hydroxyl groups is 1. The van der Waals surface area contributed by atoms with Crippen LogP contribution in [0, 0.1) is 5.92 Å². The molecule has 0 amide bonds. The molecule has 3 heteroatoms. The van der Waals surface area contributed by atoms with E-state index in [1.165, 1.54) is 49.4 Å². The lowest BCUT2D eigenvalue weighted by atomic mass is 9.69. The summed E-state index contributed by atoms with van der Waals surface area (Å²) in [6.07, 6.45) is 9.90. The summed E-state index contributed by atoms with van der Waals surface area (Å²) < 4.78 is 0. The number of aliphatic hydroxyl groups excluding tert-OH is 1. The highest BCUT2D eigenvalue weighted by Gasteiger charge is 2.39. The van der Waals surface area contributed by atoms with E-state index in [0.29, 0.717) is 20.2 Å². The van der Waals surface area contributed by atoms with Crippen molar-refractivity contribution in [2.24, 2.45) is 5.92 Å². The zero-order chi connectivity index (χ0) is 29.4. The van der Waals surface area contributed by atoms with Crippen LogP contribution in [0.4, 0.5) is 0 Å². The molecule has 2 rings (SSSR count). The zero-order valence-corrected chi connectivity index (χ0v) is 27.9. The van der Waals surface area contributed by atoms with Crippen LogP contribution < -0.4 is 5.30 Å². The van der Waals surface area contributed by atoms with Gasteiger partial charge in [-0.3, -0.25) is 0 Å². The van der Waals surface area contributed by atoms with Crippen molar-refractivity contribution in [3.8, 4) is 5.75 Å². The van der Waals surface area contributed by atoms with Gasteiger partial charge in [0.1, 0.15) is 5.75 Å². The molecule has 39 heavy (non-hydrogen) atoms. The van der Waals surface area contributed by atoms with Crippen LogP contribution in [0.15, 0.2) is 36.4 Å². The molecule has 0 spiro atoms. The smallest absolute Gasteiger partial charge is 0.123 e. The second-order valence-electron chi connectivity index (χ2n) is 13.6. The molecule has 2 N–H and O–H groups in total.